The zero-order valence-electron chi connectivity index (χ0n) is 50.1. The summed E-state index contributed by atoms with van der Waals surface area (Å²) in [4.78, 5) is 38.3. The van der Waals surface area contributed by atoms with Gasteiger partial charge in [0.25, 0.3) is 0 Å². The third-order valence-electron chi connectivity index (χ3n) is 14.5. The standard InChI is InChI=1S/C69H124O6/c1-4-7-10-13-16-19-22-25-28-31-32-33-34-35-36-39-41-44-47-50-53-56-59-62-68(71)74-65-66(75-69(72)63-60-57-54-51-48-45-42-38-30-27-24-21-18-15-12-9-6-3)64-73-67(70)61-58-55-52-49-46-43-40-37-29-26-23-20-17-14-11-8-5-2/h9,12,18,21,26-27,29-30,42,45,66H,4-8,10-11,13-17,19-20,22-25,28,31-41,43-44,46-65H2,1-3H3/b12-9-,21-18-,29-26-,30-27-,45-42-. The normalized spacial score (nSPS) is 12.4. The fourth-order valence-corrected chi connectivity index (χ4v) is 9.61. The van der Waals surface area contributed by atoms with Gasteiger partial charge in [-0.1, -0.05) is 300 Å². The second-order valence-corrected chi connectivity index (χ2v) is 22.0. The first kappa shape index (κ1) is 72.1. The van der Waals surface area contributed by atoms with Crippen molar-refractivity contribution in [1.82, 2.24) is 0 Å². The number of allylic oxidation sites excluding steroid dienone is 10. The largest absolute Gasteiger partial charge is 0.462 e. The van der Waals surface area contributed by atoms with Crippen molar-refractivity contribution in [2.75, 3.05) is 13.2 Å². The van der Waals surface area contributed by atoms with Crippen molar-refractivity contribution in [2.24, 2.45) is 0 Å². The third kappa shape index (κ3) is 61.8. The van der Waals surface area contributed by atoms with Crippen LogP contribution in [0.5, 0.6) is 0 Å². The van der Waals surface area contributed by atoms with E-state index in [0.29, 0.717) is 19.3 Å². The number of ether oxygens (including phenoxy) is 3. The van der Waals surface area contributed by atoms with E-state index < -0.39 is 6.10 Å². The smallest absolute Gasteiger partial charge is 0.306 e. The molecule has 1 atom stereocenters. The lowest BCUT2D eigenvalue weighted by atomic mass is 10.0. The first-order chi connectivity index (χ1) is 37.0. The zero-order valence-corrected chi connectivity index (χ0v) is 50.1. The van der Waals surface area contributed by atoms with Gasteiger partial charge in [-0.25, -0.2) is 0 Å². The Bertz CT molecular complexity index is 1340. The molecule has 0 aromatic heterocycles. The Labute approximate surface area is 466 Å². The summed E-state index contributed by atoms with van der Waals surface area (Å²) in [5.74, 6) is -0.891. The van der Waals surface area contributed by atoms with Crippen LogP contribution in [0.1, 0.15) is 342 Å². The van der Waals surface area contributed by atoms with E-state index in [-0.39, 0.29) is 31.1 Å². The summed E-state index contributed by atoms with van der Waals surface area (Å²) in [6.07, 6.45) is 80.9. The van der Waals surface area contributed by atoms with Gasteiger partial charge in [-0.15, -0.1) is 0 Å². The molecular formula is C69H124O6. The molecule has 6 heteroatoms. The van der Waals surface area contributed by atoms with Gasteiger partial charge < -0.3 is 14.2 Å². The minimum Gasteiger partial charge on any atom is -0.462 e. The van der Waals surface area contributed by atoms with Gasteiger partial charge in [0.1, 0.15) is 13.2 Å². The summed E-state index contributed by atoms with van der Waals surface area (Å²) in [5, 5.41) is 0. The lowest BCUT2D eigenvalue weighted by Gasteiger charge is -2.18. The lowest BCUT2D eigenvalue weighted by molar-refractivity contribution is -0.167. The van der Waals surface area contributed by atoms with Crippen molar-refractivity contribution in [1.29, 1.82) is 0 Å². The molecule has 0 heterocycles. The van der Waals surface area contributed by atoms with Gasteiger partial charge in [-0.05, 0) is 83.5 Å². The predicted molar refractivity (Wildman–Crippen MR) is 325 cm³/mol. The molecule has 6 nitrogen and oxygen atoms in total. The number of esters is 3. The van der Waals surface area contributed by atoms with Crippen LogP contribution >= 0.6 is 0 Å². The van der Waals surface area contributed by atoms with Gasteiger partial charge in [-0.2, -0.15) is 0 Å². The molecule has 0 aliphatic heterocycles. The summed E-state index contributed by atoms with van der Waals surface area (Å²) < 4.78 is 16.9. The molecule has 0 saturated carbocycles. The number of hydrogen-bond acceptors (Lipinski definition) is 6. The quantitative estimate of drug-likeness (QED) is 0.0261. The van der Waals surface area contributed by atoms with Crippen molar-refractivity contribution < 1.29 is 28.6 Å². The molecule has 0 saturated heterocycles. The van der Waals surface area contributed by atoms with Crippen LogP contribution in [-0.2, 0) is 28.6 Å². The molecule has 0 rings (SSSR count). The molecule has 0 aromatic rings. The van der Waals surface area contributed by atoms with E-state index in [4.69, 9.17) is 14.2 Å². The van der Waals surface area contributed by atoms with Crippen molar-refractivity contribution in [3.63, 3.8) is 0 Å². The molecule has 0 spiro atoms. The maximum atomic E-state index is 12.9. The highest BCUT2D eigenvalue weighted by Crippen LogP contribution is 2.17. The number of carbonyl (C=O) groups is 3. The number of rotatable bonds is 60. The number of carbonyl (C=O) groups excluding carboxylic acids is 3. The first-order valence-electron chi connectivity index (χ1n) is 32.8. The molecule has 75 heavy (non-hydrogen) atoms. The van der Waals surface area contributed by atoms with Crippen molar-refractivity contribution in [3.05, 3.63) is 60.8 Å². The summed E-state index contributed by atoms with van der Waals surface area (Å²) in [7, 11) is 0. The second kappa shape index (κ2) is 63.6. The van der Waals surface area contributed by atoms with Gasteiger partial charge in [0.05, 0.1) is 0 Å². The third-order valence-corrected chi connectivity index (χ3v) is 14.5. The van der Waals surface area contributed by atoms with Crippen LogP contribution in [0.3, 0.4) is 0 Å². The molecule has 0 aliphatic carbocycles. The Kier molecular flexibility index (Phi) is 61.2. The van der Waals surface area contributed by atoms with Crippen LogP contribution in [-0.4, -0.2) is 37.2 Å². The van der Waals surface area contributed by atoms with Gasteiger partial charge in [-0.3, -0.25) is 14.4 Å². The monoisotopic (exact) mass is 1050 g/mol. The number of unbranched alkanes of at least 4 members (excludes halogenated alkanes) is 39. The van der Waals surface area contributed by atoms with E-state index in [1.807, 2.05) is 0 Å². The number of hydrogen-bond donors (Lipinski definition) is 0. The van der Waals surface area contributed by atoms with Crippen molar-refractivity contribution in [2.45, 2.75) is 348 Å². The SMILES string of the molecule is CC/C=C\C/C=C\C/C=C\C/C=C\CCCCCCC(=O)OC(COC(=O)CCCCCCCCC/C=C\CCCCCCCC)COC(=O)CCCCCCCCCCCCCCCCCCCCCCCCC. The predicted octanol–water partition coefficient (Wildman–Crippen LogP) is 22.3. The van der Waals surface area contributed by atoms with Gasteiger partial charge in [0, 0.05) is 19.3 Å². The molecule has 0 N–H and O–H groups in total. The van der Waals surface area contributed by atoms with Gasteiger partial charge in [0.2, 0.25) is 0 Å². The van der Waals surface area contributed by atoms with E-state index in [1.54, 1.807) is 0 Å². The fourth-order valence-electron chi connectivity index (χ4n) is 9.61. The maximum Gasteiger partial charge on any atom is 0.306 e. The van der Waals surface area contributed by atoms with E-state index in [2.05, 4.69) is 81.5 Å². The lowest BCUT2D eigenvalue weighted by Crippen LogP contribution is -2.30. The Hall–Kier alpha value is -2.89. The molecule has 1 unspecified atom stereocenters. The minimum absolute atomic E-state index is 0.0823. The summed E-state index contributed by atoms with van der Waals surface area (Å²) >= 11 is 0. The Morgan fingerprint density at radius 2 is 0.520 bits per heavy atom. The minimum atomic E-state index is -0.789. The van der Waals surface area contributed by atoms with Crippen LogP contribution in [0.4, 0.5) is 0 Å². The molecule has 0 fully saturated rings. The highest BCUT2D eigenvalue weighted by Gasteiger charge is 2.19. The van der Waals surface area contributed by atoms with Crippen LogP contribution < -0.4 is 0 Å². The Morgan fingerprint density at radius 1 is 0.280 bits per heavy atom. The highest BCUT2D eigenvalue weighted by molar-refractivity contribution is 5.71. The van der Waals surface area contributed by atoms with Crippen LogP contribution in [0.15, 0.2) is 60.8 Å². The molecule has 436 valence electrons. The molecule has 0 radical (unpaired) electrons. The summed E-state index contributed by atoms with van der Waals surface area (Å²) in [6, 6.07) is 0. The fraction of sp³-hybridized carbons (Fsp3) is 0.812. The van der Waals surface area contributed by atoms with Gasteiger partial charge >= 0.3 is 17.9 Å². The second-order valence-electron chi connectivity index (χ2n) is 22.0. The van der Waals surface area contributed by atoms with Crippen LogP contribution in [0, 0.1) is 0 Å². The van der Waals surface area contributed by atoms with Crippen molar-refractivity contribution >= 4 is 17.9 Å². The zero-order chi connectivity index (χ0) is 54.3. The Balaban J connectivity index is 4.34. The molecule has 0 aliphatic rings. The average Bonchev–Trinajstić information content (AvgIpc) is 3.41. The molecule has 0 amide bonds. The molecule has 0 aromatic carbocycles. The first-order valence-corrected chi connectivity index (χ1v) is 32.8. The van der Waals surface area contributed by atoms with E-state index in [1.165, 1.54) is 205 Å². The van der Waals surface area contributed by atoms with Gasteiger partial charge in [0.15, 0.2) is 6.10 Å². The molecular weight excluding hydrogens is 925 g/mol. The van der Waals surface area contributed by atoms with E-state index >= 15 is 0 Å². The Morgan fingerprint density at radius 3 is 0.827 bits per heavy atom. The average molecular weight is 1050 g/mol. The van der Waals surface area contributed by atoms with Crippen LogP contribution in [0.25, 0.3) is 0 Å². The van der Waals surface area contributed by atoms with Crippen molar-refractivity contribution in [3.8, 4) is 0 Å². The summed E-state index contributed by atoms with van der Waals surface area (Å²) in [6.45, 7) is 6.55. The van der Waals surface area contributed by atoms with E-state index in [9.17, 15) is 14.4 Å². The maximum absolute atomic E-state index is 12.9. The summed E-state index contributed by atoms with van der Waals surface area (Å²) in [5.41, 5.74) is 0. The highest BCUT2D eigenvalue weighted by atomic mass is 16.6. The van der Waals surface area contributed by atoms with Crippen LogP contribution in [0.2, 0.25) is 0 Å². The topological polar surface area (TPSA) is 78.9 Å². The van der Waals surface area contributed by atoms with E-state index in [0.717, 1.165) is 96.3 Å². The molecule has 0 bridgehead atoms.